The van der Waals surface area contributed by atoms with E-state index in [9.17, 15) is 0 Å². The molecule has 0 aliphatic carbocycles. The van der Waals surface area contributed by atoms with Crippen molar-refractivity contribution in [1.29, 1.82) is 0 Å². The van der Waals surface area contributed by atoms with E-state index in [0.717, 1.165) is 32.8 Å². The Hall–Kier alpha value is -0.420. The van der Waals surface area contributed by atoms with Crippen molar-refractivity contribution in [3.63, 3.8) is 0 Å². The summed E-state index contributed by atoms with van der Waals surface area (Å²) in [5.74, 6) is 0. The minimum atomic E-state index is 0.336. The van der Waals surface area contributed by atoms with Gasteiger partial charge in [0, 0.05) is 43.1 Å². The molecule has 1 aromatic heterocycles. The Labute approximate surface area is 126 Å². The van der Waals surface area contributed by atoms with Gasteiger partial charge in [0.15, 0.2) is 0 Å². The van der Waals surface area contributed by atoms with Gasteiger partial charge in [-0.05, 0) is 42.8 Å². The lowest BCUT2D eigenvalue weighted by Crippen LogP contribution is -2.46. The van der Waals surface area contributed by atoms with E-state index in [1.807, 2.05) is 11.3 Å². The van der Waals surface area contributed by atoms with Crippen molar-refractivity contribution in [1.82, 2.24) is 10.2 Å². The highest BCUT2D eigenvalue weighted by Gasteiger charge is 2.37. The smallest absolute Gasteiger partial charge is 0.0547 e. The normalized spacial score (nSPS) is 26.9. The van der Waals surface area contributed by atoms with E-state index in [-0.39, 0.29) is 0 Å². The lowest BCUT2D eigenvalue weighted by molar-refractivity contribution is 0.102. The molecule has 3 heterocycles. The fourth-order valence-electron chi connectivity index (χ4n) is 3.42. The van der Waals surface area contributed by atoms with Crippen LogP contribution in [0.2, 0.25) is 0 Å². The zero-order chi connectivity index (χ0) is 13.8. The lowest BCUT2D eigenvalue weighted by atomic mass is 9.86. The molecule has 4 heteroatoms. The van der Waals surface area contributed by atoms with Gasteiger partial charge >= 0.3 is 0 Å². The lowest BCUT2D eigenvalue weighted by Gasteiger charge is -2.36. The van der Waals surface area contributed by atoms with E-state index in [4.69, 9.17) is 4.74 Å². The summed E-state index contributed by atoms with van der Waals surface area (Å²) in [5, 5.41) is 5.86. The number of fused-ring (bicyclic) bond motifs is 1. The van der Waals surface area contributed by atoms with E-state index in [1.54, 1.807) is 10.4 Å². The molecule has 1 atom stereocenters. The third kappa shape index (κ3) is 3.25. The highest BCUT2D eigenvalue weighted by molar-refractivity contribution is 7.10. The van der Waals surface area contributed by atoms with Crippen LogP contribution in [-0.2, 0) is 17.7 Å². The van der Waals surface area contributed by atoms with Crippen LogP contribution in [0.4, 0.5) is 0 Å². The van der Waals surface area contributed by atoms with Crippen LogP contribution in [-0.4, -0.2) is 44.3 Å². The molecule has 0 radical (unpaired) electrons. The number of thiophene rings is 1. The molecule has 3 nitrogen and oxygen atoms in total. The summed E-state index contributed by atoms with van der Waals surface area (Å²) < 4.78 is 5.72. The molecule has 0 aromatic carbocycles. The number of ether oxygens (including phenoxy) is 1. The van der Waals surface area contributed by atoms with Crippen LogP contribution < -0.4 is 5.32 Å². The maximum atomic E-state index is 5.72. The first-order chi connectivity index (χ1) is 9.81. The Bertz CT molecular complexity index is 426. The standard InChI is InChI=1S/C16H26N2OS/c1-2-6-17-11-16(5-8-19-13-16)12-18-7-3-15-14(10-18)4-9-20-15/h4,9,17H,2-3,5-8,10-13H2,1H3. The summed E-state index contributed by atoms with van der Waals surface area (Å²) in [7, 11) is 0. The molecule has 2 aliphatic rings. The van der Waals surface area contributed by atoms with Crippen molar-refractivity contribution < 1.29 is 4.74 Å². The highest BCUT2D eigenvalue weighted by Crippen LogP contribution is 2.32. The third-order valence-corrected chi connectivity index (χ3v) is 5.58. The van der Waals surface area contributed by atoms with Crippen molar-refractivity contribution in [2.75, 3.05) is 39.4 Å². The third-order valence-electron chi connectivity index (χ3n) is 4.56. The predicted molar refractivity (Wildman–Crippen MR) is 84.3 cm³/mol. The number of rotatable bonds is 6. The molecule has 112 valence electrons. The second kappa shape index (κ2) is 6.56. The second-order valence-corrected chi connectivity index (χ2v) is 7.31. The molecule has 1 unspecified atom stereocenters. The molecule has 0 saturated carbocycles. The number of nitrogens with one attached hydrogen (secondary N) is 1. The van der Waals surface area contributed by atoms with Crippen LogP contribution >= 0.6 is 11.3 Å². The van der Waals surface area contributed by atoms with Crippen molar-refractivity contribution in [3.05, 3.63) is 21.9 Å². The molecular formula is C16H26N2OS. The monoisotopic (exact) mass is 294 g/mol. The first kappa shape index (κ1) is 14.5. The summed E-state index contributed by atoms with van der Waals surface area (Å²) in [6.45, 7) is 9.84. The van der Waals surface area contributed by atoms with Crippen molar-refractivity contribution in [2.24, 2.45) is 5.41 Å². The molecule has 2 aliphatic heterocycles. The molecule has 1 N–H and O–H groups in total. The second-order valence-electron chi connectivity index (χ2n) is 6.31. The Morgan fingerprint density at radius 1 is 1.50 bits per heavy atom. The van der Waals surface area contributed by atoms with E-state index in [1.165, 1.54) is 32.4 Å². The van der Waals surface area contributed by atoms with Gasteiger partial charge in [0.2, 0.25) is 0 Å². The van der Waals surface area contributed by atoms with Crippen molar-refractivity contribution in [2.45, 2.75) is 32.7 Å². The highest BCUT2D eigenvalue weighted by atomic mass is 32.1. The molecule has 0 spiro atoms. The Balaban J connectivity index is 1.59. The number of hydrogen-bond donors (Lipinski definition) is 1. The van der Waals surface area contributed by atoms with Gasteiger partial charge in [0.05, 0.1) is 6.61 Å². The van der Waals surface area contributed by atoms with Gasteiger partial charge in [-0.25, -0.2) is 0 Å². The quantitative estimate of drug-likeness (QED) is 0.816. The Morgan fingerprint density at radius 2 is 2.45 bits per heavy atom. The Kier molecular flexibility index (Phi) is 4.76. The van der Waals surface area contributed by atoms with Gasteiger partial charge in [0.25, 0.3) is 0 Å². The molecule has 0 amide bonds. The van der Waals surface area contributed by atoms with Crippen LogP contribution in [0.25, 0.3) is 0 Å². The molecular weight excluding hydrogens is 268 g/mol. The van der Waals surface area contributed by atoms with E-state index < -0.39 is 0 Å². The minimum absolute atomic E-state index is 0.336. The summed E-state index contributed by atoms with van der Waals surface area (Å²) >= 11 is 1.92. The molecule has 1 saturated heterocycles. The molecule has 3 rings (SSSR count). The van der Waals surface area contributed by atoms with Gasteiger partial charge in [-0.15, -0.1) is 11.3 Å². The maximum Gasteiger partial charge on any atom is 0.0547 e. The van der Waals surface area contributed by atoms with Crippen molar-refractivity contribution in [3.8, 4) is 0 Å². The summed E-state index contributed by atoms with van der Waals surface area (Å²) in [6.07, 6.45) is 3.64. The van der Waals surface area contributed by atoms with E-state index in [2.05, 4.69) is 28.6 Å². The first-order valence-electron chi connectivity index (χ1n) is 7.87. The molecule has 1 fully saturated rings. The van der Waals surface area contributed by atoms with Crippen LogP contribution in [0.1, 0.15) is 30.2 Å². The van der Waals surface area contributed by atoms with Crippen LogP contribution in [0.5, 0.6) is 0 Å². The average molecular weight is 294 g/mol. The van der Waals surface area contributed by atoms with Gasteiger partial charge in [-0.1, -0.05) is 6.92 Å². The first-order valence-corrected chi connectivity index (χ1v) is 8.75. The molecule has 1 aromatic rings. The van der Waals surface area contributed by atoms with Gasteiger partial charge in [0.1, 0.15) is 0 Å². The van der Waals surface area contributed by atoms with E-state index >= 15 is 0 Å². The fourth-order valence-corrected chi connectivity index (χ4v) is 4.31. The minimum Gasteiger partial charge on any atom is -0.381 e. The number of hydrogen-bond acceptors (Lipinski definition) is 4. The SMILES string of the molecule is CCCNCC1(CN2CCc3sccc3C2)CCOC1. The van der Waals surface area contributed by atoms with E-state index in [0.29, 0.717) is 5.41 Å². The zero-order valence-electron chi connectivity index (χ0n) is 12.5. The average Bonchev–Trinajstić information content (AvgIpc) is 3.08. The maximum absolute atomic E-state index is 5.72. The van der Waals surface area contributed by atoms with Crippen LogP contribution in [0.3, 0.4) is 0 Å². The van der Waals surface area contributed by atoms with Crippen LogP contribution in [0.15, 0.2) is 11.4 Å². The predicted octanol–water partition coefficient (Wildman–Crippen LogP) is 2.51. The topological polar surface area (TPSA) is 24.5 Å². The van der Waals surface area contributed by atoms with Crippen LogP contribution in [0, 0.1) is 5.41 Å². The van der Waals surface area contributed by atoms with Crippen molar-refractivity contribution >= 4 is 11.3 Å². The van der Waals surface area contributed by atoms with Gasteiger partial charge in [-0.3, -0.25) is 4.90 Å². The summed E-state index contributed by atoms with van der Waals surface area (Å²) in [5.41, 5.74) is 1.89. The summed E-state index contributed by atoms with van der Waals surface area (Å²) in [6, 6.07) is 2.30. The van der Waals surface area contributed by atoms with Gasteiger partial charge < -0.3 is 10.1 Å². The van der Waals surface area contributed by atoms with Gasteiger partial charge in [-0.2, -0.15) is 0 Å². The largest absolute Gasteiger partial charge is 0.381 e. The summed E-state index contributed by atoms with van der Waals surface area (Å²) in [4.78, 5) is 4.24. The number of nitrogens with zero attached hydrogens (tertiary/aromatic N) is 1. The molecule has 0 bridgehead atoms. The Morgan fingerprint density at radius 3 is 3.25 bits per heavy atom. The zero-order valence-corrected chi connectivity index (χ0v) is 13.3. The molecule has 20 heavy (non-hydrogen) atoms. The fraction of sp³-hybridized carbons (Fsp3) is 0.750.